The van der Waals surface area contributed by atoms with E-state index >= 15 is 0 Å². The van der Waals surface area contributed by atoms with Crippen LogP contribution in [0, 0.1) is 5.41 Å². The van der Waals surface area contributed by atoms with Crippen molar-refractivity contribution in [3.05, 3.63) is 47.7 Å². The lowest BCUT2D eigenvalue weighted by atomic mass is 9.84. The highest BCUT2D eigenvalue weighted by molar-refractivity contribution is 5.66. The summed E-state index contributed by atoms with van der Waals surface area (Å²) in [7, 11) is 2.14. The van der Waals surface area contributed by atoms with Gasteiger partial charge in [0.15, 0.2) is 0 Å². The Morgan fingerprint density at radius 3 is 2.81 bits per heavy atom. The van der Waals surface area contributed by atoms with Crippen molar-refractivity contribution in [3.8, 4) is 0 Å². The summed E-state index contributed by atoms with van der Waals surface area (Å²) in [5.74, 6) is 0.866. The molecule has 0 radical (unpaired) electrons. The molecule has 2 aliphatic rings. The second-order valence-electron chi connectivity index (χ2n) is 10.0. The number of hydrogen-bond donors (Lipinski definition) is 1. The number of fused-ring (bicyclic) bond motifs is 1. The first-order valence-electron chi connectivity index (χ1n) is 11.4. The predicted molar refractivity (Wildman–Crippen MR) is 124 cm³/mol. The van der Waals surface area contributed by atoms with Crippen molar-refractivity contribution in [3.63, 3.8) is 0 Å². The van der Waals surface area contributed by atoms with Crippen LogP contribution < -0.4 is 4.90 Å². The fraction of sp³-hybridized carbons (Fsp3) is 0.583. The van der Waals surface area contributed by atoms with Gasteiger partial charge in [0.25, 0.3) is 0 Å². The van der Waals surface area contributed by atoms with E-state index in [4.69, 9.17) is 0 Å². The van der Waals surface area contributed by atoms with E-state index in [2.05, 4.69) is 64.7 Å². The van der Waals surface area contributed by atoms with Gasteiger partial charge in [0, 0.05) is 38.4 Å². The molecule has 0 bridgehead atoms. The molecule has 2 aromatic rings. The lowest BCUT2D eigenvalue weighted by Gasteiger charge is -2.46. The second kappa shape index (κ2) is 9.02. The van der Waals surface area contributed by atoms with Crippen molar-refractivity contribution in [2.45, 2.75) is 58.7 Å². The largest absolute Gasteiger partial charge is 0.465 e. The molecule has 1 aliphatic carbocycles. The maximum Gasteiger partial charge on any atom is 0.407 e. The predicted octanol–water partition coefficient (Wildman–Crippen LogP) is 3.60. The molecular weight excluding hydrogens is 404 g/mol. The third kappa shape index (κ3) is 4.70. The number of piperazine rings is 1. The molecule has 32 heavy (non-hydrogen) atoms. The van der Waals surface area contributed by atoms with Gasteiger partial charge in [0.05, 0.1) is 23.5 Å². The minimum atomic E-state index is -0.851. The molecule has 4 rings (SSSR count). The van der Waals surface area contributed by atoms with Gasteiger partial charge in [-0.25, -0.2) is 14.8 Å². The Morgan fingerprint density at radius 1 is 1.25 bits per heavy atom. The lowest BCUT2D eigenvalue weighted by molar-refractivity contribution is 0.0747. The number of aromatic nitrogens is 3. The molecule has 1 aliphatic heterocycles. The Morgan fingerprint density at radius 2 is 2.06 bits per heavy atom. The summed E-state index contributed by atoms with van der Waals surface area (Å²) in [5, 5.41) is 9.64. The molecule has 2 unspecified atom stereocenters. The number of aryl methyl sites for hydroxylation is 1. The fourth-order valence-electron chi connectivity index (χ4n) is 4.99. The molecule has 0 spiro atoms. The molecule has 1 N–H and O–H groups in total. The first kappa shape index (κ1) is 22.5. The quantitative estimate of drug-likeness (QED) is 0.781. The van der Waals surface area contributed by atoms with Gasteiger partial charge < -0.3 is 14.9 Å². The first-order chi connectivity index (χ1) is 15.2. The monoisotopic (exact) mass is 438 g/mol. The standard InChI is InChI=1S/C24H34N6O2/c1-24(2,3)20-15-29(11-12-30(20)23(31)32)21-13-18(26-16-27-21)14-28(4)19-9-5-7-17-8-6-10-25-22(17)19/h6,8,10,13,16,19-20H,5,7,9,11-12,14-15H2,1-4H3,(H,31,32). The Bertz CT molecular complexity index is 960. The topological polar surface area (TPSA) is 85.7 Å². The van der Waals surface area contributed by atoms with Crippen LogP contribution in [0.3, 0.4) is 0 Å². The number of hydrogen-bond acceptors (Lipinski definition) is 6. The van der Waals surface area contributed by atoms with Crippen LogP contribution in [0.4, 0.5) is 10.6 Å². The average Bonchev–Trinajstić information content (AvgIpc) is 2.77. The van der Waals surface area contributed by atoms with E-state index < -0.39 is 6.09 Å². The molecule has 3 heterocycles. The highest BCUT2D eigenvalue weighted by Gasteiger charge is 2.38. The summed E-state index contributed by atoms with van der Waals surface area (Å²) in [6.07, 6.45) is 6.03. The fourth-order valence-corrected chi connectivity index (χ4v) is 4.99. The van der Waals surface area contributed by atoms with Gasteiger partial charge in [-0.05, 0) is 43.4 Å². The average molecular weight is 439 g/mol. The van der Waals surface area contributed by atoms with Crippen LogP contribution in [0.1, 0.15) is 56.6 Å². The molecule has 1 fully saturated rings. The Balaban J connectivity index is 1.49. The smallest absolute Gasteiger partial charge is 0.407 e. The third-order valence-electron chi connectivity index (χ3n) is 6.77. The highest BCUT2D eigenvalue weighted by Crippen LogP contribution is 2.33. The molecule has 2 atom stereocenters. The van der Waals surface area contributed by atoms with Crippen LogP contribution in [0.2, 0.25) is 0 Å². The van der Waals surface area contributed by atoms with Crippen LogP contribution >= 0.6 is 0 Å². The molecule has 0 saturated carbocycles. The molecule has 2 aromatic heterocycles. The van der Waals surface area contributed by atoms with E-state index in [9.17, 15) is 9.90 Å². The zero-order valence-electron chi connectivity index (χ0n) is 19.5. The molecule has 8 heteroatoms. The van der Waals surface area contributed by atoms with Crippen molar-refractivity contribution in [1.29, 1.82) is 0 Å². The summed E-state index contributed by atoms with van der Waals surface area (Å²) in [6.45, 7) is 8.72. The summed E-state index contributed by atoms with van der Waals surface area (Å²) < 4.78 is 0. The molecular formula is C24H34N6O2. The summed E-state index contributed by atoms with van der Waals surface area (Å²) in [5.41, 5.74) is 3.35. The molecule has 8 nitrogen and oxygen atoms in total. The van der Waals surface area contributed by atoms with Gasteiger partial charge in [-0.15, -0.1) is 0 Å². The summed E-state index contributed by atoms with van der Waals surface area (Å²) in [4.78, 5) is 31.6. The Hall–Kier alpha value is -2.74. The van der Waals surface area contributed by atoms with Crippen molar-refractivity contribution in [2.75, 3.05) is 31.6 Å². The van der Waals surface area contributed by atoms with Crippen LogP contribution in [0.5, 0.6) is 0 Å². The van der Waals surface area contributed by atoms with E-state index in [1.165, 1.54) is 17.7 Å². The number of anilines is 1. The van der Waals surface area contributed by atoms with Crippen LogP contribution in [0.25, 0.3) is 0 Å². The number of pyridine rings is 1. The third-order valence-corrected chi connectivity index (χ3v) is 6.77. The summed E-state index contributed by atoms with van der Waals surface area (Å²) >= 11 is 0. The molecule has 0 aromatic carbocycles. The zero-order chi connectivity index (χ0) is 22.9. The van der Waals surface area contributed by atoms with E-state index in [1.807, 2.05) is 12.3 Å². The van der Waals surface area contributed by atoms with E-state index in [1.54, 1.807) is 11.2 Å². The van der Waals surface area contributed by atoms with Crippen molar-refractivity contribution in [1.82, 2.24) is 24.8 Å². The van der Waals surface area contributed by atoms with Gasteiger partial charge in [-0.3, -0.25) is 9.88 Å². The maximum atomic E-state index is 11.7. The minimum absolute atomic E-state index is 0.0975. The Kier molecular flexibility index (Phi) is 6.33. The molecule has 172 valence electrons. The highest BCUT2D eigenvalue weighted by atomic mass is 16.4. The number of carbonyl (C=O) groups is 1. The molecule has 1 amide bonds. The number of carboxylic acid groups (broad SMARTS) is 1. The molecule has 1 saturated heterocycles. The van der Waals surface area contributed by atoms with Gasteiger partial charge >= 0.3 is 6.09 Å². The van der Waals surface area contributed by atoms with Gasteiger partial charge in [-0.2, -0.15) is 0 Å². The Labute approximate surface area is 190 Å². The number of rotatable bonds is 4. The van der Waals surface area contributed by atoms with E-state index in [0.29, 0.717) is 32.2 Å². The van der Waals surface area contributed by atoms with Crippen molar-refractivity contribution < 1.29 is 9.90 Å². The van der Waals surface area contributed by atoms with Gasteiger partial charge in [0.2, 0.25) is 0 Å². The second-order valence-corrected chi connectivity index (χ2v) is 10.0. The lowest BCUT2D eigenvalue weighted by Crippen LogP contribution is -2.59. The van der Waals surface area contributed by atoms with Gasteiger partial charge in [-0.1, -0.05) is 26.8 Å². The van der Waals surface area contributed by atoms with Crippen LogP contribution in [-0.4, -0.2) is 68.7 Å². The summed E-state index contributed by atoms with van der Waals surface area (Å²) in [6, 6.07) is 6.46. The van der Waals surface area contributed by atoms with Crippen molar-refractivity contribution >= 4 is 11.9 Å². The minimum Gasteiger partial charge on any atom is -0.465 e. The SMILES string of the molecule is CN(Cc1cc(N2CCN(C(=O)O)C(C(C)(C)C)C2)ncn1)C1CCCc2cccnc21. The normalized spacial score (nSPS) is 21.5. The van der Waals surface area contributed by atoms with Crippen molar-refractivity contribution in [2.24, 2.45) is 5.41 Å². The maximum absolute atomic E-state index is 11.7. The number of nitrogens with zero attached hydrogens (tertiary/aromatic N) is 6. The van der Waals surface area contributed by atoms with Crippen LogP contribution in [0.15, 0.2) is 30.7 Å². The zero-order valence-corrected chi connectivity index (χ0v) is 19.5. The van der Waals surface area contributed by atoms with E-state index in [0.717, 1.165) is 24.4 Å². The van der Waals surface area contributed by atoms with E-state index in [-0.39, 0.29) is 11.5 Å². The van der Waals surface area contributed by atoms with Gasteiger partial charge in [0.1, 0.15) is 12.1 Å². The number of amides is 1. The first-order valence-corrected chi connectivity index (χ1v) is 11.4. The van der Waals surface area contributed by atoms with Crippen LogP contribution in [-0.2, 0) is 13.0 Å².